The standard InChI is InChI=1S/C86H163NO5/c1-3-5-7-9-11-13-15-17-19-20-21-22-23-39-42-45-48-51-54-58-62-66-70-74-78-84(89)83(82-88)87-85(90)79-75-71-67-63-59-55-52-49-46-43-40-37-35-33-31-29-27-25-24-26-28-30-32-34-36-38-41-44-47-50-53-57-61-65-69-73-77-81-92-86(91)80-76-72-68-64-60-56-18-16-14-12-10-8-6-4-2/h10,12,16,18,24,26,30,32,83-84,88-89H,3-9,11,13-15,17,19-23,25,27-29,31,33-82H2,1-2H3,(H,87,90)/b12-10-,18-16-,26-24-,32-30-. The first kappa shape index (κ1) is 89.8. The summed E-state index contributed by atoms with van der Waals surface area (Å²) < 4.78 is 5.49. The molecular weight excluding hydrogens is 1130 g/mol. The third-order valence-electron chi connectivity index (χ3n) is 19.6. The largest absolute Gasteiger partial charge is 0.466 e. The number of hydrogen-bond donors (Lipinski definition) is 3. The van der Waals surface area contributed by atoms with Crippen molar-refractivity contribution < 1.29 is 24.5 Å². The number of rotatable bonds is 79. The summed E-state index contributed by atoms with van der Waals surface area (Å²) in [5.41, 5.74) is 0. The molecule has 0 aliphatic heterocycles. The number of hydrogen-bond acceptors (Lipinski definition) is 5. The van der Waals surface area contributed by atoms with Crippen LogP contribution in [-0.4, -0.2) is 47.4 Å². The van der Waals surface area contributed by atoms with Crippen molar-refractivity contribution in [2.75, 3.05) is 13.2 Å². The van der Waals surface area contributed by atoms with Crippen LogP contribution in [0.4, 0.5) is 0 Å². The van der Waals surface area contributed by atoms with Gasteiger partial charge in [-0.25, -0.2) is 0 Å². The molecule has 542 valence electrons. The van der Waals surface area contributed by atoms with E-state index in [4.69, 9.17) is 4.74 Å². The highest BCUT2D eigenvalue weighted by molar-refractivity contribution is 5.76. The van der Waals surface area contributed by atoms with Gasteiger partial charge in [0.25, 0.3) is 0 Å². The number of allylic oxidation sites excluding steroid dienone is 8. The van der Waals surface area contributed by atoms with E-state index in [0.29, 0.717) is 25.9 Å². The average Bonchev–Trinajstić information content (AvgIpc) is 3.66. The van der Waals surface area contributed by atoms with Crippen molar-refractivity contribution >= 4 is 11.9 Å². The number of ether oxygens (including phenoxy) is 1. The predicted molar refractivity (Wildman–Crippen MR) is 407 cm³/mol. The van der Waals surface area contributed by atoms with Crippen molar-refractivity contribution in [1.82, 2.24) is 5.32 Å². The minimum absolute atomic E-state index is 0.00457. The summed E-state index contributed by atoms with van der Waals surface area (Å²) in [6, 6.07) is -0.541. The topological polar surface area (TPSA) is 95.9 Å². The van der Waals surface area contributed by atoms with Gasteiger partial charge < -0.3 is 20.3 Å². The first-order chi connectivity index (χ1) is 45.5. The summed E-state index contributed by atoms with van der Waals surface area (Å²) in [5, 5.41) is 23.5. The molecule has 0 aliphatic rings. The molecule has 0 fully saturated rings. The lowest BCUT2D eigenvalue weighted by molar-refractivity contribution is -0.143. The molecule has 0 saturated carbocycles. The van der Waals surface area contributed by atoms with E-state index in [0.717, 1.165) is 57.8 Å². The van der Waals surface area contributed by atoms with E-state index in [-0.39, 0.29) is 18.5 Å². The van der Waals surface area contributed by atoms with Crippen LogP contribution in [0.15, 0.2) is 48.6 Å². The fourth-order valence-corrected chi connectivity index (χ4v) is 13.2. The smallest absolute Gasteiger partial charge is 0.305 e. The number of carbonyl (C=O) groups is 2. The quantitative estimate of drug-likeness (QED) is 0.0320. The van der Waals surface area contributed by atoms with Gasteiger partial charge in [-0.1, -0.05) is 416 Å². The van der Waals surface area contributed by atoms with Crippen LogP contribution in [0, 0.1) is 0 Å². The second-order valence-electron chi connectivity index (χ2n) is 28.8. The molecule has 0 aromatic heterocycles. The molecule has 0 rings (SSSR count). The minimum Gasteiger partial charge on any atom is -0.466 e. The minimum atomic E-state index is -0.665. The molecule has 1 amide bonds. The Balaban J connectivity index is 3.37. The molecule has 2 unspecified atom stereocenters. The maximum atomic E-state index is 12.6. The first-order valence-corrected chi connectivity index (χ1v) is 41.9. The normalized spacial score (nSPS) is 12.7. The highest BCUT2D eigenvalue weighted by Crippen LogP contribution is 2.20. The van der Waals surface area contributed by atoms with Crippen molar-refractivity contribution in [3.63, 3.8) is 0 Å². The number of esters is 1. The Morgan fingerprint density at radius 1 is 0.304 bits per heavy atom. The van der Waals surface area contributed by atoms with Crippen molar-refractivity contribution in [1.29, 1.82) is 0 Å². The number of unbranched alkanes of at least 4 members (excludes halogenated alkanes) is 60. The molecule has 3 N–H and O–H groups in total. The second-order valence-corrected chi connectivity index (χ2v) is 28.8. The van der Waals surface area contributed by atoms with Gasteiger partial charge in [-0.15, -0.1) is 0 Å². The fourth-order valence-electron chi connectivity index (χ4n) is 13.2. The van der Waals surface area contributed by atoms with E-state index < -0.39 is 12.1 Å². The number of aliphatic hydroxyl groups is 2. The molecule has 0 aliphatic carbocycles. The Morgan fingerprint density at radius 3 is 0.859 bits per heavy atom. The highest BCUT2D eigenvalue weighted by atomic mass is 16.5. The number of carbonyl (C=O) groups excluding carboxylic acids is 2. The average molecular weight is 1290 g/mol. The van der Waals surface area contributed by atoms with E-state index in [1.807, 2.05) is 0 Å². The van der Waals surface area contributed by atoms with Crippen LogP contribution in [0.25, 0.3) is 0 Å². The Bertz CT molecular complexity index is 1540. The summed E-state index contributed by atoms with van der Waals surface area (Å²) in [7, 11) is 0. The molecule has 6 nitrogen and oxygen atoms in total. The number of amides is 1. The van der Waals surface area contributed by atoms with Crippen LogP contribution in [0.1, 0.15) is 463 Å². The molecule has 0 bridgehead atoms. The van der Waals surface area contributed by atoms with E-state index in [2.05, 4.69) is 67.8 Å². The lowest BCUT2D eigenvalue weighted by atomic mass is 10.0. The third-order valence-corrected chi connectivity index (χ3v) is 19.6. The van der Waals surface area contributed by atoms with Crippen molar-refractivity contribution in [2.24, 2.45) is 0 Å². The van der Waals surface area contributed by atoms with Crippen LogP contribution < -0.4 is 5.32 Å². The predicted octanol–water partition coefficient (Wildman–Crippen LogP) is 27.9. The van der Waals surface area contributed by atoms with Crippen LogP contribution in [0.5, 0.6) is 0 Å². The van der Waals surface area contributed by atoms with Crippen LogP contribution in [0.3, 0.4) is 0 Å². The summed E-state index contributed by atoms with van der Waals surface area (Å²) in [6.45, 7) is 4.95. The summed E-state index contributed by atoms with van der Waals surface area (Å²) in [4.78, 5) is 24.7. The fraction of sp³-hybridized carbons (Fsp3) is 0.884. The maximum absolute atomic E-state index is 12.6. The number of aliphatic hydroxyl groups excluding tert-OH is 2. The molecule has 0 radical (unpaired) electrons. The molecule has 2 atom stereocenters. The Labute approximate surface area is 576 Å². The monoisotopic (exact) mass is 1290 g/mol. The second kappa shape index (κ2) is 81.2. The van der Waals surface area contributed by atoms with Gasteiger partial charge in [0.15, 0.2) is 0 Å². The zero-order chi connectivity index (χ0) is 66.3. The summed E-state index contributed by atoms with van der Waals surface area (Å²) in [6.07, 6.45) is 108. The van der Waals surface area contributed by atoms with Gasteiger partial charge in [-0.05, 0) is 83.5 Å². The lowest BCUT2D eigenvalue weighted by Crippen LogP contribution is -2.45. The zero-order valence-electron chi connectivity index (χ0n) is 62.3. The van der Waals surface area contributed by atoms with Crippen LogP contribution in [0.2, 0.25) is 0 Å². The molecule has 92 heavy (non-hydrogen) atoms. The van der Waals surface area contributed by atoms with E-state index in [1.54, 1.807) is 0 Å². The molecular formula is C86H163NO5. The van der Waals surface area contributed by atoms with E-state index in [1.165, 1.54) is 372 Å². The molecule has 0 heterocycles. The Kier molecular flexibility index (Phi) is 79.3. The van der Waals surface area contributed by atoms with Crippen LogP contribution >= 0.6 is 0 Å². The lowest BCUT2D eigenvalue weighted by Gasteiger charge is -2.22. The van der Waals surface area contributed by atoms with Gasteiger partial charge in [0.1, 0.15) is 0 Å². The van der Waals surface area contributed by atoms with Gasteiger partial charge in [-0.2, -0.15) is 0 Å². The Morgan fingerprint density at radius 2 is 0.554 bits per heavy atom. The van der Waals surface area contributed by atoms with Gasteiger partial charge in [0.05, 0.1) is 25.4 Å². The third kappa shape index (κ3) is 76.8. The van der Waals surface area contributed by atoms with Gasteiger partial charge in [-0.3, -0.25) is 9.59 Å². The van der Waals surface area contributed by atoms with Crippen molar-refractivity contribution in [2.45, 2.75) is 475 Å². The summed E-state index contributed by atoms with van der Waals surface area (Å²) >= 11 is 0. The molecule has 0 aromatic rings. The van der Waals surface area contributed by atoms with Crippen molar-refractivity contribution in [3.05, 3.63) is 48.6 Å². The van der Waals surface area contributed by atoms with E-state index >= 15 is 0 Å². The molecule has 6 heteroatoms. The Hall–Kier alpha value is -2.18. The van der Waals surface area contributed by atoms with Crippen molar-refractivity contribution in [3.8, 4) is 0 Å². The summed E-state index contributed by atoms with van der Waals surface area (Å²) in [5.74, 6) is -0.0222. The van der Waals surface area contributed by atoms with E-state index in [9.17, 15) is 19.8 Å². The number of nitrogens with one attached hydrogen (secondary N) is 1. The van der Waals surface area contributed by atoms with Gasteiger partial charge >= 0.3 is 5.97 Å². The van der Waals surface area contributed by atoms with Crippen LogP contribution in [-0.2, 0) is 14.3 Å². The maximum Gasteiger partial charge on any atom is 0.305 e. The highest BCUT2D eigenvalue weighted by Gasteiger charge is 2.20. The van der Waals surface area contributed by atoms with Gasteiger partial charge in [0, 0.05) is 12.8 Å². The molecule has 0 spiro atoms. The first-order valence-electron chi connectivity index (χ1n) is 41.9. The zero-order valence-corrected chi connectivity index (χ0v) is 62.3. The molecule has 0 aromatic carbocycles. The molecule has 0 saturated heterocycles. The SMILES string of the molecule is CCCC/C=C\C/C=C\CCCCCCCC(=O)OCCCCCCCCCCCCCCC/C=C\C/C=C\CCCCCCCCCCCCCCCCCCCC(=O)NC(CO)C(O)CCCCCCCCCCCCCCCCCCCCCCCCCC. The van der Waals surface area contributed by atoms with Gasteiger partial charge in [0.2, 0.25) is 5.91 Å².